The van der Waals surface area contributed by atoms with Gasteiger partial charge < -0.3 is 10.0 Å². The molecule has 1 unspecified atom stereocenters. The zero-order valence-electron chi connectivity index (χ0n) is 21.7. The van der Waals surface area contributed by atoms with Crippen molar-refractivity contribution in [1.82, 2.24) is 14.2 Å². The van der Waals surface area contributed by atoms with Gasteiger partial charge in [-0.25, -0.2) is 0 Å². The van der Waals surface area contributed by atoms with Crippen LogP contribution in [0.3, 0.4) is 0 Å². The third-order valence-corrected chi connectivity index (χ3v) is 11.3. The third kappa shape index (κ3) is 3.93. The van der Waals surface area contributed by atoms with Gasteiger partial charge in [0.2, 0.25) is 11.8 Å². The van der Waals surface area contributed by atoms with E-state index in [4.69, 9.17) is 4.37 Å². The van der Waals surface area contributed by atoms with E-state index in [0.29, 0.717) is 24.8 Å². The van der Waals surface area contributed by atoms with Gasteiger partial charge in [-0.05, 0) is 74.0 Å². The SMILES string of the molecule is C[C@@]1(O)C[C@@H]2C[C@@H]1[C@@H]1C(=O)N(CC3CCCC[C@H]3CN3CCN(c4nsc5ccccc45)CC3)C(=O)[C@H]21. The molecular weight excluding hydrogens is 484 g/mol. The predicted octanol–water partition coefficient (Wildman–Crippen LogP) is 3.62. The molecule has 1 aromatic carbocycles. The fourth-order valence-corrected chi connectivity index (χ4v) is 9.40. The first-order chi connectivity index (χ1) is 17.9. The Labute approximate surface area is 223 Å². The van der Waals surface area contributed by atoms with Crippen LogP contribution in [0.15, 0.2) is 24.3 Å². The zero-order valence-corrected chi connectivity index (χ0v) is 22.5. The Balaban J connectivity index is 0.991. The summed E-state index contributed by atoms with van der Waals surface area (Å²) in [6.07, 6.45) is 6.22. The molecule has 7 nitrogen and oxygen atoms in total. The zero-order chi connectivity index (χ0) is 25.3. The molecule has 0 radical (unpaired) electrons. The van der Waals surface area contributed by atoms with E-state index in [1.807, 2.05) is 6.92 Å². The highest BCUT2D eigenvalue weighted by Gasteiger charge is 2.67. The first-order valence-corrected chi connectivity index (χ1v) is 15.1. The highest BCUT2D eigenvalue weighted by atomic mass is 32.1. The fourth-order valence-electron chi connectivity index (χ4n) is 8.60. The summed E-state index contributed by atoms with van der Waals surface area (Å²) in [5.74, 6) is 1.80. The summed E-state index contributed by atoms with van der Waals surface area (Å²) in [6, 6.07) is 8.49. The van der Waals surface area contributed by atoms with Crippen molar-refractivity contribution in [3.05, 3.63) is 24.3 Å². The van der Waals surface area contributed by atoms with Gasteiger partial charge >= 0.3 is 0 Å². The number of carbonyl (C=O) groups is 2. The summed E-state index contributed by atoms with van der Waals surface area (Å²) >= 11 is 1.58. The van der Waals surface area contributed by atoms with Crippen LogP contribution in [0.1, 0.15) is 45.4 Å². The van der Waals surface area contributed by atoms with Gasteiger partial charge in [-0.2, -0.15) is 4.37 Å². The Bertz CT molecular complexity index is 1200. The molecule has 7 atom stereocenters. The van der Waals surface area contributed by atoms with Gasteiger partial charge in [0.05, 0.1) is 22.1 Å². The van der Waals surface area contributed by atoms with E-state index in [0.717, 1.165) is 51.4 Å². The van der Waals surface area contributed by atoms with Gasteiger partial charge in [-0.3, -0.25) is 19.4 Å². The molecule has 37 heavy (non-hydrogen) atoms. The summed E-state index contributed by atoms with van der Waals surface area (Å²) in [5.41, 5.74) is -0.794. The number of piperazine rings is 1. The van der Waals surface area contributed by atoms with E-state index < -0.39 is 5.60 Å². The normalized spacial score (nSPS) is 38.2. The molecule has 3 heterocycles. The number of nitrogens with zero attached hydrogens (tertiary/aromatic N) is 4. The minimum atomic E-state index is -0.794. The van der Waals surface area contributed by atoms with Crippen LogP contribution >= 0.6 is 11.5 Å². The van der Waals surface area contributed by atoms with Crippen LogP contribution in [0.5, 0.6) is 0 Å². The van der Waals surface area contributed by atoms with Crippen LogP contribution in [0, 0.1) is 35.5 Å². The number of fused-ring (bicyclic) bond motifs is 6. The minimum absolute atomic E-state index is 0.0101. The average Bonchev–Trinajstić information content (AvgIpc) is 3.62. The first-order valence-electron chi connectivity index (χ1n) is 14.3. The summed E-state index contributed by atoms with van der Waals surface area (Å²) in [7, 11) is 0. The summed E-state index contributed by atoms with van der Waals surface area (Å²) in [6.45, 7) is 7.53. The van der Waals surface area contributed by atoms with Crippen LogP contribution in [0.2, 0.25) is 0 Å². The van der Waals surface area contributed by atoms with Crippen molar-refractivity contribution >= 4 is 39.3 Å². The predicted molar refractivity (Wildman–Crippen MR) is 144 cm³/mol. The number of rotatable bonds is 5. The maximum absolute atomic E-state index is 13.5. The Morgan fingerprint density at radius 1 is 1.00 bits per heavy atom. The minimum Gasteiger partial charge on any atom is -0.390 e. The molecule has 7 rings (SSSR count). The standard InChI is InChI=1S/C29H38N4O3S/c1-29(36)15-20-14-22(29)25-24(20)27(34)33(28(25)35)17-19-7-3-2-6-18(19)16-31-10-12-32(13-11-31)26-21-8-4-5-9-23(21)37-30-26/h4-5,8-9,18-20,22,24-25,36H,2-3,6-7,10-17H2,1H3/t18-,19?,20-,22+,24+,25-,29+/m0/s1. The Morgan fingerprint density at radius 2 is 1.70 bits per heavy atom. The van der Waals surface area contributed by atoms with Gasteiger partial charge in [0, 0.05) is 50.6 Å². The van der Waals surface area contributed by atoms with Crippen LogP contribution in [0.25, 0.3) is 10.1 Å². The van der Waals surface area contributed by atoms with E-state index >= 15 is 0 Å². The van der Waals surface area contributed by atoms with E-state index in [-0.39, 0.29) is 35.5 Å². The number of carbonyl (C=O) groups excluding carboxylic acids is 2. The van der Waals surface area contributed by atoms with Crippen molar-refractivity contribution in [1.29, 1.82) is 0 Å². The molecule has 2 aromatic rings. The number of likely N-dealkylation sites (tertiary alicyclic amines) is 1. The fraction of sp³-hybridized carbons (Fsp3) is 0.690. The van der Waals surface area contributed by atoms with Crippen LogP contribution in [-0.4, -0.2) is 76.0 Å². The maximum Gasteiger partial charge on any atom is 0.233 e. The van der Waals surface area contributed by atoms with Crippen molar-refractivity contribution in [3.8, 4) is 0 Å². The molecule has 2 bridgehead atoms. The molecule has 1 aromatic heterocycles. The number of aliphatic hydroxyl groups is 1. The molecule has 2 aliphatic heterocycles. The van der Waals surface area contributed by atoms with Crippen LogP contribution in [0.4, 0.5) is 5.82 Å². The number of imide groups is 1. The molecule has 8 heteroatoms. The third-order valence-electron chi connectivity index (χ3n) is 10.5. The van der Waals surface area contributed by atoms with Gasteiger partial charge in [0.1, 0.15) is 5.82 Å². The number of amides is 2. The number of hydrogen-bond acceptors (Lipinski definition) is 7. The molecule has 1 N–H and O–H groups in total. The van der Waals surface area contributed by atoms with Crippen molar-refractivity contribution in [2.24, 2.45) is 35.5 Å². The maximum atomic E-state index is 13.5. The molecular formula is C29H38N4O3S. The van der Waals surface area contributed by atoms with Gasteiger partial charge in [0.25, 0.3) is 0 Å². The van der Waals surface area contributed by atoms with Gasteiger partial charge in [-0.15, -0.1) is 0 Å². The summed E-state index contributed by atoms with van der Waals surface area (Å²) in [5, 5.41) is 12.1. The lowest BCUT2D eigenvalue weighted by molar-refractivity contribution is -0.142. The largest absolute Gasteiger partial charge is 0.390 e. The van der Waals surface area contributed by atoms with Crippen molar-refractivity contribution < 1.29 is 14.7 Å². The van der Waals surface area contributed by atoms with Crippen LogP contribution < -0.4 is 4.90 Å². The van der Waals surface area contributed by atoms with Crippen LogP contribution in [-0.2, 0) is 9.59 Å². The number of hydrogen-bond donors (Lipinski definition) is 1. The number of benzene rings is 1. The Morgan fingerprint density at radius 3 is 2.49 bits per heavy atom. The molecule has 5 aliphatic rings. The topological polar surface area (TPSA) is 77.0 Å². The molecule has 0 spiro atoms. The lowest BCUT2D eigenvalue weighted by atomic mass is 9.73. The summed E-state index contributed by atoms with van der Waals surface area (Å²) in [4.78, 5) is 33.5. The van der Waals surface area contributed by atoms with E-state index in [2.05, 4.69) is 34.1 Å². The van der Waals surface area contributed by atoms with Crippen molar-refractivity contribution in [2.45, 2.75) is 51.0 Å². The highest BCUT2D eigenvalue weighted by Crippen LogP contribution is 2.60. The smallest absolute Gasteiger partial charge is 0.233 e. The second-order valence-electron chi connectivity index (χ2n) is 12.6. The lowest BCUT2D eigenvalue weighted by Gasteiger charge is -2.40. The quantitative estimate of drug-likeness (QED) is 0.605. The molecule has 2 saturated heterocycles. The second kappa shape index (κ2) is 9.02. The van der Waals surface area contributed by atoms with Crippen molar-refractivity contribution in [2.75, 3.05) is 44.2 Å². The van der Waals surface area contributed by atoms with Crippen molar-refractivity contribution in [3.63, 3.8) is 0 Å². The molecule has 2 amide bonds. The van der Waals surface area contributed by atoms with Gasteiger partial charge in [-0.1, -0.05) is 25.0 Å². The molecule has 198 valence electrons. The molecule has 5 fully saturated rings. The molecule has 3 aliphatic carbocycles. The first kappa shape index (κ1) is 24.0. The van der Waals surface area contributed by atoms with Gasteiger partial charge in [0.15, 0.2) is 0 Å². The monoisotopic (exact) mass is 522 g/mol. The van der Waals surface area contributed by atoms with E-state index in [1.54, 1.807) is 16.4 Å². The number of aromatic nitrogens is 1. The highest BCUT2D eigenvalue weighted by molar-refractivity contribution is 7.13. The number of anilines is 1. The molecule has 3 saturated carbocycles. The lowest BCUT2D eigenvalue weighted by Crippen LogP contribution is -2.49. The van der Waals surface area contributed by atoms with E-state index in [1.165, 1.54) is 29.3 Å². The Kier molecular flexibility index (Phi) is 5.86. The summed E-state index contributed by atoms with van der Waals surface area (Å²) < 4.78 is 6.00. The average molecular weight is 523 g/mol. The second-order valence-corrected chi connectivity index (χ2v) is 13.4. The Hall–Kier alpha value is -2.03. The van der Waals surface area contributed by atoms with E-state index in [9.17, 15) is 14.7 Å².